The first-order chi connectivity index (χ1) is 18.8. The molecule has 39 heavy (non-hydrogen) atoms. The molecule has 0 spiro atoms. The number of anilines is 1. The molecule has 0 fully saturated rings. The minimum atomic E-state index is -0.473. The molecule has 0 atom stereocenters. The van der Waals surface area contributed by atoms with Gasteiger partial charge >= 0.3 is 0 Å². The van der Waals surface area contributed by atoms with Crippen molar-refractivity contribution in [3.8, 4) is 33.8 Å². The summed E-state index contributed by atoms with van der Waals surface area (Å²) >= 11 is 0. The molecule has 1 aromatic carbocycles. The van der Waals surface area contributed by atoms with Gasteiger partial charge in [-0.25, -0.2) is 14.4 Å². The Balaban J connectivity index is 1.40. The fourth-order valence-electron chi connectivity index (χ4n) is 4.60. The third kappa shape index (κ3) is 4.72. The van der Waals surface area contributed by atoms with Gasteiger partial charge in [-0.1, -0.05) is 20.8 Å². The Bertz CT molecular complexity index is 1840. The van der Waals surface area contributed by atoms with Gasteiger partial charge in [-0.2, -0.15) is 5.10 Å². The second-order valence-electron chi connectivity index (χ2n) is 10.5. The zero-order valence-corrected chi connectivity index (χ0v) is 21.6. The van der Waals surface area contributed by atoms with Crippen LogP contribution in [0.25, 0.3) is 55.8 Å². The Morgan fingerprint density at radius 2 is 1.79 bits per heavy atom. The molecular formula is C29H25FN8O. The van der Waals surface area contributed by atoms with Crippen LogP contribution < -0.4 is 5.32 Å². The molecule has 194 valence electrons. The zero-order chi connectivity index (χ0) is 27.1. The van der Waals surface area contributed by atoms with Gasteiger partial charge in [0.25, 0.3) is 0 Å². The van der Waals surface area contributed by atoms with Crippen LogP contribution >= 0.6 is 0 Å². The Hall–Kier alpha value is -4.99. The second kappa shape index (κ2) is 9.39. The highest BCUT2D eigenvalue weighted by Crippen LogP contribution is 2.35. The van der Waals surface area contributed by atoms with Crippen molar-refractivity contribution >= 4 is 33.7 Å². The quantitative estimate of drug-likeness (QED) is 0.251. The third-order valence-corrected chi connectivity index (χ3v) is 6.30. The van der Waals surface area contributed by atoms with E-state index < -0.39 is 5.82 Å². The van der Waals surface area contributed by atoms with E-state index in [9.17, 15) is 4.79 Å². The minimum Gasteiger partial charge on any atom is -0.335 e. The third-order valence-electron chi connectivity index (χ3n) is 6.30. The monoisotopic (exact) mass is 520 g/mol. The second-order valence-corrected chi connectivity index (χ2v) is 10.5. The fourth-order valence-corrected chi connectivity index (χ4v) is 4.60. The lowest BCUT2D eigenvalue weighted by atomic mass is 9.92. The fraction of sp³-hybridized carbons (Fsp3) is 0.172. The van der Waals surface area contributed by atoms with Crippen molar-refractivity contribution in [3.05, 3.63) is 73.2 Å². The van der Waals surface area contributed by atoms with E-state index in [1.54, 1.807) is 49.2 Å². The van der Waals surface area contributed by atoms with Crippen molar-refractivity contribution in [2.45, 2.75) is 27.2 Å². The number of carbonyl (C=O) groups is 1. The molecule has 0 radical (unpaired) electrons. The highest BCUT2D eigenvalue weighted by Gasteiger charge is 2.21. The predicted octanol–water partition coefficient (Wildman–Crippen LogP) is 6.14. The SMILES string of the molecule is CC(C)(C)CC(=O)Nc1cncc(-c2ccc3[nH]nc(-c4nc5nccc(-c6ccncc6)c5[nH]4)c3c2F)c1. The molecule has 0 bridgehead atoms. The average molecular weight is 521 g/mol. The standard InChI is InChI=1S/C29H25FN8O/c1-29(2,3)13-22(39)34-18-12-17(14-32-15-18)19-4-5-21-23(24(19)30)26(38-37-21)28-35-25-20(8-11-33-27(25)36-28)16-6-9-31-10-7-16/h4-12,14-15H,13H2,1-3H3,(H,34,39)(H,37,38)(H,33,35,36). The number of aromatic amines is 2. The molecule has 0 aliphatic rings. The minimum absolute atomic E-state index is 0.126. The molecule has 10 heteroatoms. The van der Waals surface area contributed by atoms with E-state index in [2.05, 4.69) is 40.4 Å². The number of benzene rings is 1. The molecule has 6 rings (SSSR count). The van der Waals surface area contributed by atoms with Gasteiger partial charge in [0.2, 0.25) is 5.91 Å². The van der Waals surface area contributed by atoms with Gasteiger partial charge in [-0.05, 0) is 47.4 Å². The van der Waals surface area contributed by atoms with E-state index in [0.717, 1.165) is 11.1 Å². The van der Waals surface area contributed by atoms with Gasteiger partial charge in [0, 0.05) is 47.9 Å². The summed E-state index contributed by atoms with van der Waals surface area (Å²) in [6, 6.07) is 10.8. The summed E-state index contributed by atoms with van der Waals surface area (Å²) in [4.78, 5) is 33.0. The number of pyridine rings is 3. The maximum atomic E-state index is 16.1. The summed E-state index contributed by atoms with van der Waals surface area (Å²) in [6.07, 6.45) is 8.59. The number of aromatic nitrogens is 7. The number of hydrogen-bond acceptors (Lipinski definition) is 6. The van der Waals surface area contributed by atoms with Crippen molar-refractivity contribution in [2.75, 3.05) is 5.32 Å². The first kappa shape index (κ1) is 24.4. The molecule has 0 unspecified atom stereocenters. The number of hydrogen-bond donors (Lipinski definition) is 3. The predicted molar refractivity (Wildman–Crippen MR) is 148 cm³/mol. The van der Waals surface area contributed by atoms with Crippen molar-refractivity contribution in [3.63, 3.8) is 0 Å². The summed E-state index contributed by atoms with van der Waals surface area (Å²) in [5.74, 6) is -0.208. The smallest absolute Gasteiger partial charge is 0.224 e. The van der Waals surface area contributed by atoms with Crippen LogP contribution in [0, 0.1) is 11.2 Å². The summed E-state index contributed by atoms with van der Waals surface area (Å²) < 4.78 is 16.1. The van der Waals surface area contributed by atoms with Crippen LogP contribution in [0.5, 0.6) is 0 Å². The number of fused-ring (bicyclic) bond motifs is 2. The molecule has 5 aromatic heterocycles. The van der Waals surface area contributed by atoms with Crippen LogP contribution in [-0.2, 0) is 4.79 Å². The molecule has 0 aliphatic heterocycles. The van der Waals surface area contributed by atoms with E-state index in [1.165, 1.54) is 0 Å². The first-order valence-electron chi connectivity index (χ1n) is 12.4. The molecule has 6 aromatic rings. The summed E-state index contributed by atoms with van der Waals surface area (Å²) in [7, 11) is 0. The first-order valence-corrected chi connectivity index (χ1v) is 12.4. The number of H-pyrrole nitrogens is 2. The molecule has 0 saturated heterocycles. The normalized spacial score (nSPS) is 11.8. The van der Waals surface area contributed by atoms with E-state index in [-0.39, 0.29) is 11.3 Å². The van der Waals surface area contributed by atoms with Gasteiger partial charge in [-0.3, -0.25) is 19.9 Å². The number of rotatable bonds is 5. The Labute approximate surface area is 223 Å². The molecule has 3 N–H and O–H groups in total. The van der Waals surface area contributed by atoms with Gasteiger partial charge in [-0.15, -0.1) is 0 Å². The van der Waals surface area contributed by atoms with E-state index in [0.29, 0.717) is 56.8 Å². The maximum absolute atomic E-state index is 16.1. The number of carbonyl (C=O) groups excluding carboxylic acids is 1. The topological polar surface area (TPSA) is 125 Å². The van der Waals surface area contributed by atoms with Gasteiger partial charge in [0.1, 0.15) is 11.5 Å². The number of amides is 1. The van der Waals surface area contributed by atoms with Crippen LogP contribution in [0.4, 0.5) is 10.1 Å². The highest BCUT2D eigenvalue weighted by atomic mass is 19.1. The van der Waals surface area contributed by atoms with Crippen molar-refractivity contribution < 1.29 is 9.18 Å². The van der Waals surface area contributed by atoms with Crippen LogP contribution in [0.3, 0.4) is 0 Å². The summed E-state index contributed by atoms with van der Waals surface area (Å²) in [5.41, 5.74) is 5.13. The summed E-state index contributed by atoms with van der Waals surface area (Å²) in [5, 5.41) is 10.4. The van der Waals surface area contributed by atoms with Gasteiger partial charge in [0.05, 0.1) is 28.3 Å². The van der Waals surface area contributed by atoms with Crippen LogP contribution in [-0.4, -0.2) is 41.0 Å². The largest absolute Gasteiger partial charge is 0.335 e. The average Bonchev–Trinajstić information content (AvgIpc) is 3.53. The molecule has 9 nitrogen and oxygen atoms in total. The zero-order valence-electron chi connectivity index (χ0n) is 21.6. The Morgan fingerprint density at radius 3 is 2.59 bits per heavy atom. The molecule has 0 saturated carbocycles. The van der Waals surface area contributed by atoms with E-state index in [4.69, 9.17) is 0 Å². The maximum Gasteiger partial charge on any atom is 0.224 e. The lowest BCUT2D eigenvalue weighted by molar-refractivity contribution is -0.117. The lowest BCUT2D eigenvalue weighted by Gasteiger charge is -2.17. The highest BCUT2D eigenvalue weighted by molar-refractivity contribution is 5.98. The molecule has 1 amide bonds. The van der Waals surface area contributed by atoms with E-state index >= 15 is 4.39 Å². The van der Waals surface area contributed by atoms with Gasteiger partial charge in [0.15, 0.2) is 11.5 Å². The Morgan fingerprint density at radius 1 is 0.974 bits per heavy atom. The number of halogens is 1. The van der Waals surface area contributed by atoms with Crippen LogP contribution in [0.15, 0.2) is 67.4 Å². The number of nitrogens with one attached hydrogen (secondary N) is 3. The van der Waals surface area contributed by atoms with Crippen molar-refractivity contribution in [1.29, 1.82) is 0 Å². The van der Waals surface area contributed by atoms with Crippen LogP contribution in [0.2, 0.25) is 0 Å². The van der Waals surface area contributed by atoms with Crippen molar-refractivity contribution in [2.24, 2.45) is 5.41 Å². The van der Waals surface area contributed by atoms with Crippen molar-refractivity contribution in [1.82, 2.24) is 35.1 Å². The number of nitrogens with zero attached hydrogens (tertiary/aromatic N) is 5. The molecule has 5 heterocycles. The molecule has 0 aliphatic carbocycles. The summed E-state index contributed by atoms with van der Waals surface area (Å²) in [6.45, 7) is 5.98. The van der Waals surface area contributed by atoms with E-state index in [1.807, 2.05) is 39.0 Å². The van der Waals surface area contributed by atoms with Crippen LogP contribution in [0.1, 0.15) is 27.2 Å². The molecular weight excluding hydrogens is 495 g/mol. The Kier molecular flexibility index (Phi) is 5.86. The number of imidazole rings is 1. The lowest BCUT2D eigenvalue weighted by Crippen LogP contribution is -2.19. The van der Waals surface area contributed by atoms with Gasteiger partial charge < -0.3 is 10.3 Å².